The molecule has 1 N–H and O–H groups in total. The summed E-state index contributed by atoms with van der Waals surface area (Å²) in [7, 11) is 0. The van der Waals surface area contributed by atoms with Crippen molar-refractivity contribution in [2.75, 3.05) is 0 Å². The molecule has 0 bridgehead atoms. The van der Waals surface area contributed by atoms with E-state index in [1.165, 1.54) is 11.1 Å². The van der Waals surface area contributed by atoms with Gasteiger partial charge in [-0.25, -0.2) is 0 Å². The lowest BCUT2D eigenvalue weighted by Gasteiger charge is -2.11. The van der Waals surface area contributed by atoms with E-state index in [1.807, 2.05) is 6.07 Å². The average Bonchev–Trinajstić information content (AvgIpc) is 3.02. The summed E-state index contributed by atoms with van der Waals surface area (Å²) in [6.45, 7) is 6.17. The Bertz CT molecular complexity index is 549. The van der Waals surface area contributed by atoms with Crippen LogP contribution in [0.2, 0.25) is 0 Å². The first kappa shape index (κ1) is 13.3. The Hall–Kier alpha value is -1.74. The minimum Gasteiger partial charge on any atom is -0.488 e. The van der Waals surface area contributed by atoms with E-state index in [-0.39, 0.29) is 6.10 Å². The zero-order valence-corrected chi connectivity index (χ0v) is 12.2. The average molecular weight is 270 g/mol. The van der Waals surface area contributed by atoms with Crippen molar-refractivity contribution in [1.29, 1.82) is 0 Å². The van der Waals surface area contributed by atoms with Crippen LogP contribution in [-0.2, 0) is 19.5 Å². The van der Waals surface area contributed by atoms with Crippen LogP contribution in [0.3, 0.4) is 0 Å². The normalized spacial score (nSPS) is 17.2. The van der Waals surface area contributed by atoms with Gasteiger partial charge in [0.05, 0.1) is 6.54 Å². The minimum absolute atomic E-state index is 0.255. The number of rotatable bonds is 5. The predicted molar refractivity (Wildman–Crippen MR) is 81.0 cm³/mol. The van der Waals surface area contributed by atoms with Gasteiger partial charge in [-0.3, -0.25) is 0 Å². The van der Waals surface area contributed by atoms with Crippen LogP contribution in [0, 0.1) is 0 Å². The van der Waals surface area contributed by atoms with Crippen molar-refractivity contribution in [3.05, 3.63) is 53.9 Å². The number of benzene rings is 1. The van der Waals surface area contributed by atoms with Crippen LogP contribution in [0.15, 0.2) is 42.7 Å². The molecule has 0 radical (unpaired) electrons. The number of fused-ring (bicyclic) bond motifs is 1. The number of ether oxygens (including phenoxy) is 1. The summed E-state index contributed by atoms with van der Waals surface area (Å²) in [6.07, 6.45) is 5.62. The Morgan fingerprint density at radius 1 is 1.30 bits per heavy atom. The topological polar surface area (TPSA) is 26.2 Å². The molecule has 0 spiro atoms. The van der Waals surface area contributed by atoms with E-state index >= 15 is 0 Å². The highest BCUT2D eigenvalue weighted by atomic mass is 16.5. The van der Waals surface area contributed by atoms with Gasteiger partial charge < -0.3 is 14.6 Å². The molecular weight excluding hydrogens is 248 g/mol. The smallest absolute Gasteiger partial charge is 0.123 e. The van der Waals surface area contributed by atoms with E-state index in [0.29, 0.717) is 6.04 Å². The van der Waals surface area contributed by atoms with Crippen molar-refractivity contribution in [1.82, 2.24) is 9.88 Å². The molecule has 3 nitrogen and oxygen atoms in total. The summed E-state index contributed by atoms with van der Waals surface area (Å²) >= 11 is 0. The van der Waals surface area contributed by atoms with Gasteiger partial charge >= 0.3 is 0 Å². The van der Waals surface area contributed by atoms with Crippen molar-refractivity contribution in [3.8, 4) is 5.75 Å². The molecule has 1 aliphatic heterocycles. The summed E-state index contributed by atoms with van der Waals surface area (Å²) in [5.41, 5.74) is 2.65. The highest BCUT2D eigenvalue weighted by Crippen LogP contribution is 2.28. The van der Waals surface area contributed by atoms with Crippen molar-refractivity contribution in [2.45, 2.75) is 45.5 Å². The summed E-state index contributed by atoms with van der Waals surface area (Å²) in [4.78, 5) is 0. The fourth-order valence-corrected chi connectivity index (χ4v) is 2.62. The van der Waals surface area contributed by atoms with Crippen LogP contribution in [0.25, 0.3) is 0 Å². The summed E-state index contributed by atoms with van der Waals surface area (Å²) in [5.74, 6) is 1.05. The number of para-hydroxylation sites is 1. The van der Waals surface area contributed by atoms with Crippen LogP contribution < -0.4 is 10.1 Å². The minimum atomic E-state index is 0.255. The van der Waals surface area contributed by atoms with Gasteiger partial charge in [-0.1, -0.05) is 32.0 Å². The van der Waals surface area contributed by atoms with Gasteiger partial charge in [0.1, 0.15) is 11.9 Å². The molecule has 1 aliphatic rings. The second kappa shape index (κ2) is 5.71. The third-order valence-electron chi connectivity index (χ3n) is 3.65. The Morgan fingerprint density at radius 3 is 2.95 bits per heavy atom. The van der Waals surface area contributed by atoms with E-state index in [9.17, 15) is 0 Å². The van der Waals surface area contributed by atoms with E-state index in [0.717, 1.165) is 25.3 Å². The second-order valence-electron chi connectivity index (χ2n) is 5.80. The molecule has 1 atom stereocenters. The van der Waals surface area contributed by atoms with Crippen LogP contribution in [0.4, 0.5) is 0 Å². The number of nitrogens with zero attached hydrogens (tertiary/aromatic N) is 1. The molecule has 2 aromatic rings. The Kier molecular flexibility index (Phi) is 3.79. The predicted octanol–water partition coefficient (Wildman–Crippen LogP) is 2.99. The van der Waals surface area contributed by atoms with Crippen LogP contribution in [0.1, 0.15) is 25.0 Å². The third kappa shape index (κ3) is 3.05. The van der Waals surface area contributed by atoms with Crippen molar-refractivity contribution >= 4 is 0 Å². The standard InChI is InChI=1S/C17H22N2O/c1-13(2)18-10-14-7-8-19(11-14)12-16-9-15-5-3-4-6-17(15)20-16/h3-8,11,13,16,18H,9-10,12H2,1-2H3. The highest BCUT2D eigenvalue weighted by molar-refractivity contribution is 5.37. The monoisotopic (exact) mass is 270 g/mol. The molecule has 1 aromatic heterocycles. The molecule has 0 aliphatic carbocycles. The zero-order chi connectivity index (χ0) is 13.9. The maximum absolute atomic E-state index is 5.98. The Morgan fingerprint density at radius 2 is 2.15 bits per heavy atom. The number of aromatic nitrogens is 1. The number of nitrogens with one attached hydrogen (secondary N) is 1. The van der Waals surface area contributed by atoms with Gasteiger partial charge in [0.25, 0.3) is 0 Å². The number of hydrogen-bond acceptors (Lipinski definition) is 2. The van der Waals surface area contributed by atoms with Crippen LogP contribution in [-0.4, -0.2) is 16.7 Å². The molecule has 0 saturated heterocycles. The van der Waals surface area contributed by atoms with Crippen molar-refractivity contribution in [3.63, 3.8) is 0 Å². The van der Waals surface area contributed by atoms with Crippen molar-refractivity contribution in [2.24, 2.45) is 0 Å². The maximum atomic E-state index is 5.98. The summed E-state index contributed by atoms with van der Waals surface area (Å²) in [5, 5.41) is 3.44. The maximum Gasteiger partial charge on any atom is 0.123 e. The lowest BCUT2D eigenvalue weighted by molar-refractivity contribution is 0.209. The second-order valence-corrected chi connectivity index (χ2v) is 5.80. The first-order valence-corrected chi connectivity index (χ1v) is 7.33. The van der Waals surface area contributed by atoms with Gasteiger partial charge in [0.15, 0.2) is 0 Å². The molecular formula is C17H22N2O. The largest absolute Gasteiger partial charge is 0.488 e. The Labute approximate surface area is 120 Å². The van der Waals surface area contributed by atoms with Gasteiger partial charge in [-0.15, -0.1) is 0 Å². The summed E-state index contributed by atoms with van der Waals surface area (Å²) < 4.78 is 8.21. The molecule has 20 heavy (non-hydrogen) atoms. The SMILES string of the molecule is CC(C)NCc1ccn(CC2Cc3ccccc3O2)c1. The zero-order valence-electron chi connectivity index (χ0n) is 12.2. The fraction of sp³-hybridized carbons (Fsp3) is 0.412. The summed E-state index contributed by atoms with van der Waals surface area (Å²) in [6, 6.07) is 11.0. The van der Waals surface area contributed by atoms with Gasteiger partial charge in [0.2, 0.25) is 0 Å². The third-order valence-corrected chi connectivity index (χ3v) is 3.65. The quantitative estimate of drug-likeness (QED) is 0.904. The van der Waals surface area contributed by atoms with Gasteiger partial charge in [-0.2, -0.15) is 0 Å². The van der Waals surface area contributed by atoms with Crippen molar-refractivity contribution < 1.29 is 4.74 Å². The molecule has 3 rings (SSSR count). The van der Waals surface area contributed by atoms with Gasteiger partial charge in [0, 0.05) is 31.4 Å². The molecule has 3 heteroatoms. The lowest BCUT2D eigenvalue weighted by atomic mass is 10.1. The Balaban J connectivity index is 1.57. The van der Waals surface area contributed by atoms with E-state index < -0.39 is 0 Å². The van der Waals surface area contributed by atoms with Crippen LogP contribution >= 0.6 is 0 Å². The molecule has 106 valence electrons. The van der Waals surface area contributed by atoms with E-state index in [4.69, 9.17) is 4.74 Å². The number of hydrogen-bond donors (Lipinski definition) is 1. The molecule has 0 fully saturated rings. The first-order chi connectivity index (χ1) is 9.70. The fourth-order valence-electron chi connectivity index (χ4n) is 2.62. The molecule has 2 heterocycles. The molecule has 1 unspecified atom stereocenters. The van der Waals surface area contributed by atoms with Crippen LogP contribution in [0.5, 0.6) is 5.75 Å². The molecule has 0 amide bonds. The van der Waals surface area contributed by atoms with E-state index in [1.54, 1.807) is 0 Å². The van der Waals surface area contributed by atoms with E-state index in [2.05, 4.69) is 60.4 Å². The molecule has 0 saturated carbocycles. The lowest BCUT2D eigenvalue weighted by Crippen LogP contribution is -2.22. The molecule has 1 aromatic carbocycles. The van der Waals surface area contributed by atoms with Gasteiger partial charge in [-0.05, 0) is 23.3 Å². The first-order valence-electron chi connectivity index (χ1n) is 7.33. The highest BCUT2D eigenvalue weighted by Gasteiger charge is 2.22.